The number of hydrogen-bond donors (Lipinski definition) is 3. The highest BCUT2D eigenvalue weighted by atomic mass is 16.6. The molecule has 0 aromatic heterocycles. The summed E-state index contributed by atoms with van der Waals surface area (Å²) < 4.78 is 4.85. The van der Waals surface area contributed by atoms with Crippen LogP contribution >= 0.6 is 0 Å². The molecule has 2 aromatic rings. The first-order valence-corrected chi connectivity index (χ1v) is 7.87. The summed E-state index contributed by atoms with van der Waals surface area (Å²) in [6, 6.07) is 17.2. The third-order valence-corrected chi connectivity index (χ3v) is 3.18. The molecule has 6 nitrogen and oxygen atoms in total. The van der Waals surface area contributed by atoms with Gasteiger partial charge in [-0.25, -0.2) is 4.79 Å². The molecule has 6 heteroatoms. The van der Waals surface area contributed by atoms with E-state index in [1.807, 2.05) is 42.5 Å². The van der Waals surface area contributed by atoms with Crippen molar-refractivity contribution in [3.63, 3.8) is 0 Å². The summed E-state index contributed by atoms with van der Waals surface area (Å²) in [6.07, 6.45) is -0.873. The summed E-state index contributed by atoms with van der Waals surface area (Å²) in [5.74, 6) is 0.0752. The lowest BCUT2D eigenvalue weighted by Crippen LogP contribution is -2.33. The Morgan fingerprint density at radius 1 is 1.12 bits per heavy atom. The van der Waals surface area contributed by atoms with E-state index in [4.69, 9.17) is 9.57 Å². The van der Waals surface area contributed by atoms with Gasteiger partial charge in [0.15, 0.2) is 0 Å². The monoisotopic (exact) mass is 342 g/mol. The summed E-state index contributed by atoms with van der Waals surface area (Å²) >= 11 is 0. The fraction of sp³-hybridized carbons (Fsp3) is 0.211. The van der Waals surface area contributed by atoms with Crippen LogP contribution in [0.5, 0.6) is 5.75 Å². The van der Waals surface area contributed by atoms with E-state index >= 15 is 0 Å². The van der Waals surface area contributed by atoms with Crippen LogP contribution in [0.15, 0.2) is 66.7 Å². The number of benzene rings is 2. The smallest absolute Gasteiger partial charge is 0.333 e. The Hall–Kier alpha value is -2.83. The van der Waals surface area contributed by atoms with Crippen LogP contribution in [0.4, 0.5) is 11.4 Å². The number of hydrogen-bond acceptors (Lipinski definition) is 6. The van der Waals surface area contributed by atoms with Gasteiger partial charge in [0.25, 0.3) is 0 Å². The predicted molar refractivity (Wildman–Crippen MR) is 96.6 cm³/mol. The molecular formula is C19H22N2O4. The average molecular weight is 342 g/mol. The minimum absolute atomic E-state index is 0.119. The lowest BCUT2D eigenvalue weighted by molar-refractivity contribution is -0.142. The number of carbonyl (C=O) groups excluding carboxylic acids is 1. The van der Waals surface area contributed by atoms with Gasteiger partial charge in [0.1, 0.15) is 18.5 Å². The molecule has 0 amide bonds. The second-order valence-electron chi connectivity index (χ2n) is 5.50. The lowest BCUT2D eigenvalue weighted by atomic mass is 10.2. The number of esters is 1. The van der Waals surface area contributed by atoms with Gasteiger partial charge in [-0.3, -0.25) is 0 Å². The van der Waals surface area contributed by atoms with E-state index in [0.29, 0.717) is 11.3 Å². The van der Waals surface area contributed by atoms with Gasteiger partial charge in [-0.05, 0) is 43.3 Å². The second kappa shape index (κ2) is 9.46. The van der Waals surface area contributed by atoms with Crippen molar-refractivity contribution < 1.29 is 19.5 Å². The number of aliphatic hydroxyl groups is 1. The Labute approximate surface area is 147 Å². The zero-order chi connectivity index (χ0) is 18.1. The van der Waals surface area contributed by atoms with Crippen molar-refractivity contribution >= 4 is 17.3 Å². The highest BCUT2D eigenvalue weighted by Crippen LogP contribution is 2.19. The Morgan fingerprint density at radius 2 is 1.76 bits per heavy atom. The Bertz CT molecular complexity index is 686. The highest BCUT2D eigenvalue weighted by molar-refractivity contribution is 5.86. The largest absolute Gasteiger partial charge is 0.460 e. The third-order valence-electron chi connectivity index (χ3n) is 3.18. The molecule has 132 valence electrons. The van der Waals surface area contributed by atoms with Crippen molar-refractivity contribution in [3.8, 4) is 5.75 Å². The van der Waals surface area contributed by atoms with Gasteiger partial charge in [-0.15, -0.1) is 0 Å². The van der Waals surface area contributed by atoms with Crippen LogP contribution in [0.1, 0.15) is 6.92 Å². The molecule has 0 aliphatic rings. The SMILES string of the molecule is C=C(C)C(=O)OCC(O)CNOc1ccc(Nc2ccccc2)cc1. The summed E-state index contributed by atoms with van der Waals surface area (Å²) in [7, 11) is 0. The maximum atomic E-state index is 11.2. The summed E-state index contributed by atoms with van der Waals surface area (Å²) in [5.41, 5.74) is 4.87. The molecule has 0 radical (unpaired) electrons. The van der Waals surface area contributed by atoms with Gasteiger partial charge in [0.2, 0.25) is 0 Å². The lowest BCUT2D eigenvalue weighted by Gasteiger charge is -2.13. The second-order valence-corrected chi connectivity index (χ2v) is 5.50. The molecule has 3 N–H and O–H groups in total. The first-order chi connectivity index (χ1) is 12.0. The molecule has 0 aliphatic heterocycles. The van der Waals surface area contributed by atoms with Crippen molar-refractivity contribution in [3.05, 3.63) is 66.7 Å². The van der Waals surface area contributed by atoms with Crippen LogP contribution in [-0.2, 0) is 9.53 Å². The van der Waals surface area contributed by atoms with Crippen LogP contribution in [-0.4, -0.2) is 30.3 Å². The van der Waals surface area contributed by atoms with E-state index in [2.05, 4.69) is 17.4 Å². The van der Waals surface area contributed by atoms with Crippen LogP contribution < -0.4 is 15.6 Å². The maximum absolute atomic E-state index is 11.2. The van der Waals surface area contributed by atoms with E-state index in [1.165, 1.54) is 0 Å². The first kappa shape index (κ1) is 18.5. The van der Waals surface area contributed by atoms with Crippen LogP contribution in [0.3, 0.4) is 0 Å². The third kappa shape index (κ3) is 6.66. The normalized spacial score (nSPS) is 11.4. The van der Waals surface area contributed by atoms with Crippen LogP contribution in [0, 0.1) is 0 Å². The number of nitrogens with one attached hydrogen (secondary N) is 2. The highest BCUT2D eigenvalue weighted by Gasteiger charge is 2.09. The molecule has 0 fully saturated rings. The minimum Gasteiger partial charge on any atom is -0.460 e. The van der Waals surface area contributed by atoms with E-state index < -0.39 is 12.1 Å². The molecule has 0 saturated carbocycles. The van der Waals surface area contributed by atoms with Gasteiger partial charge in [0, 0.05) is 16.9 Å². The molecule has 0 saturated heterocycles. The minimum atomic E-state index is -0.873. The summed E-state index contributed by atoms with van der Waals surface area (Å²) in [5, 5.41) is 13.0. The number of rotatable bonds is 9. The molecule has 2 aromatic carbocycles. The fourth-order valence-corrected chi connectivity index (χ4v) is 1.87. The predicted octanol–water partition coefficient (Wildman–Crippen LogP) is 2.79. The number of ether oxygens (including phenoxy) is 1. The zero-order valence-corrected chi connectivity index (χ0v) is 14.1. The Balaban J connectivity index is 1.71. The van der Waals surface area contributed by atoms with E-state index in [1.54, 1.807) is 19.1 Å². The number of aliphatic hydroxyl groups excluding tert-OH is 1. The van der Waals surface area contributed by atoms with Gasteiger partial charge in [-0.1, -0.05) is 24.8 Å². The molecule has 0 spiro atoms. The number of carbonyl (C=O) groups is 1. The van der Waals surface area contributed by atoms with Crippen molar-refractivity contribution in [1.82, 2.24) is 5.48 Å². The quantitative estimate of drug-likeness (QED) is 0.369. The Morgan fingerprint density at radius 3 is 2.40 bits per heavy atom. The number of hydroxylamine groups is 1. The standard InChI is InChI=1S/C19H22N2O4/c1-14(2)19(23)24-13-17(22)12-20-25-18-10-8-16(9-11-18)21-15-6-4-3-5-7-15/h3-11,17,20-22H,1,12-13H2,2H3. The van der Waals surface area contributed by atoms with Crippen molar-refractivity contribution in [2.45, 2.75) is 13.0 Å². The van der Waals surface area contributed by atoms with Crippen LogP contribution in [0.25, 0.3) is 0 Å². The number of anilines is 2. The molecule has 1 unspecified atom stereocenters. The maximum Gasteiger partial charge on any atom is 0.333 e. The molecule has 1 atom stereocenters. The summed E-state index contributed by atoms with van der Waals surface area (Å²) in [4.78, 5) is 16.6. The van der Waals surface area contributed by atoms with Crippen molar-refractivity contribution in [2.75, 3.05) is 18.5 Å². The fourth-order valence-electron chi connectivity index (χ4n) is 1.87. The molecule has 25 heavy (non-hydrogen) atoms. The van der Waals surface area contributed by atoms with E-state index in [0.717, 1.165) is 11.4 Å². The molecule has 0 aliphatic carbocycles. The molecule has 0 bridgehead atoms. The van der Waals surface area contributed by atoms with Gasteiger partial charge in [0.05, 0.1) is 6.54 Å². The van der Waals surface area contributed by atoms with Crippen molar-refractivity contribution in [1.29, 1.82) is 0 Å². The topological polar surface area (TPSA) is 79.8 Å². The van der Waals surface area contributed by atoms with E-state index in [-0.39, 0.29) is 13.2 Å². The van der Waals surface area contributed by atoms with Gasteiger partial charge in [-0.2, -0.15) is 5.48 Å². The van der Waals surface area contributed by atoms with E-state index in [9.17, 15) is 9.90 Å². The zero-order valence-electron chi connectivity index (χ0n) is 14.1. The first-order valence-electron chi connectivity index (χ1n) is 7.87. The van der Waals surface area contributed by atoms with Crippen molar-refractivity contribution in [2.24, 2.45) is 0 Å². The summed E-state index contributed by atoms with van der Waals surface area (Å²) in [6.45, 7) is 5.01. The molecule has 2 rings (SSSR count). The molecular weight excluding hydrogens is 320 g/mol. The average Bonchev–Trinajstić information content (AvgIpc) is 2.62. The number of para-hydroxylation sites is 1. The van der Waals surface area contributed by atoms with Gasteiger partial charge >= 0.3 is 5.97 Å². The molecule has 0 heterocycles. The van der Waals surface area contributed by atoms with Gasteiger partial charge < -0.3 is 20.0 Å². The Kier molecular flexibility index (Phi) is 7.00. The van der Waals surface area contributed by atoms with Crippen LogP contribution in [0.2, 0.25) is 0 Å².